The lowest BCUT2D eigenvalue weighted by atomic mass is 10.3. The van der Waals surface area contributed by atoms with E-state index < -0.39 is 12.0 Å². The number of carboxylic acids is 1. The fourth-order valence-electron chi connectivity index (χ4n) is 1.43. The van der Waals surface area contributed by atoms with Gasteiger partial charge in [0, 0.05) is 5.69 Å². The van der Waals surface area contributed by atoms with Gasteiger partial charge in [-0.3, -0.25) is 5.32 Å². The van der Waals surface area contributed by atoms with E-state index in [0.717, 1.165) is 11.3 Å². The quantitative estimate of drug-likeness (QED) is 0.804. The van der Waals surface area contributed by atoms with Crippen LogP contribution in [0.1, 0.15) is 15.4 Å². The molecule has 0 saturated heterocycles. The molecule has 2 amide bonds. The summed E-state index contributed by atoms with van der Waals surface area (Å²) in [6, 6.07) is 8.46. The van der Waals surface area contributed by atoms with Gasteiger partial charge in [-0.1, -0.05) is 29.5 Å². The second-order valence-corrected chi connectivity index (χ2v) is 4.68. The van der Waals surface area contributed by atoms with Crippen LogP contribution in [0.4, 0.5) is 15.6 Å². The van der Waals surface area contributed by atoms with Gasteiger partial charge in [0.15, 0.2) is 5.13 Å². The standard InChI is InChI=1S/C12H11N3O3S/c1-7-9(10(16)17)19-12(13-7)15-11(18)14-8-5-3-2-4-6-8/h2-6H,1H3,(H,16,17)(H2,13,14,15,18). The number of hydrogen-bond donors (Lipinski definition) is 3. The summed E-state index contributed by atoms with van der Waals surface area (Å²) >= 11 is 0.924. The lowest BCUT2D eigenvalue weighted by Gasteiger charge is -2.04. The van der Waals surface area contributed by atoms with E-state index in [0.29, 0.717) is 11.4 Å². The minimum absolute atomic E-state index is 0.120. The SMILES string of the molecule is Cc1nc(NC(=O)Nc2ccccc2)sc1C(=O)O. The third-order valence-electron chi connectivity index (χ3n) is 2.24. The second-order valence-electron chi connectivity index (χ2n) is 3.68. The molecule has 19 heavy (non-hydrogen) atoms. The number of amides is 2. The summed E-state index contributed by atoms with van der Waals surface area (Å²) in [4.78, 5) is 26.6. The molecule has 0 fully saturated rings. The number of carbonyl (C=O) groups is 2. The van der Waals surface area contributed by atoms with E-state index in [1.165, 1.54) is 0 Å². The minimum Gasteiger partial charge on any atom is -0.477 e. The first-order valence-electron chi connectivity index (χ1n) is 5.40. The van der Waals surface area contributed by atoms with Crippen molar-refractivity contribution in [3.63, 3.8) is 0 Å². The highest BCUT2D eigenvalue weighted by molar-refractivity contribution is 7.17. The van der Waals surface area contributed by atoms with E-state index in [4.69, 9.17) is 5.11 Å². The Bertz CT molecular complexity index is 610. The number of carbonyl (C=O) groups excluding carboxylic acids is 1. The zero-order valence-corrected chi connectivity index (χ0v) is 10.8. The lowest BCUT2D eigenvalue weighted by Crippen LogP contribution is -2.19. The molecule has 2 rings (SSSR count). The van der Waals surface area contributed by atoms with Crippen molar-refractivity contribution >= 4 is 34.2 Å². The number of carboxylic acid groups (broad SMARTS) is 1. The number of para-hydroxylation sites is 1. The van der Waals surface area contributed by atoms with Gasteiger partial charge in [0.2, 0.25) is 0 Å². The van der Waals surface area contributed by atoms with Crippen LogP contribution in [0.2, 0.25) is 0 Å². The van der Waals surface area contributed by atoms with Crippen molar-refractivity contribution in [1.29, 1.82) is 0 Å². The fraction of sp³-hybridized carbons (Fsp3) is 0.0833. The third kappa shape index (κ3) is 3.29. The maximum Gasteiger partial charge on any atom is 0.347 e. The number of aromatic carboxylic acids is 1. The molecule has 0 aliphatic rings. The van der Waals surface area contributed by atoms with Crippen LogP contribution in [0.25, 0.3) is 0 Å². The van der Waals surface area contributed by atoms with Crippen LogP contribution in [0, 0.1) is 6.92 Å². The zero-order chi connectivity index (χ0) is 13.8. The molecule has 7 heteroatoms. The summed E-state index contributed by atoms with van der Waals surface area (Å²) in [5.74, 6) is -1.05. The number of aryl methyl sites for hydroxylation is 1. The summed E-state index contributed by atoms with van der Waals surface area (Å²) < 4.78 is 0. The van der Waals surface area contributed by atoms with Crippen molar-refractivity contribution in [3.8, 4) is 0 Å². The Morgan fingerprint density at radius 1 is 1.21 bits per heavy atom. The average molecular weight is 277 g/mol. The molecule has 6 nitrogen and oxygen atoms in total. The predicted octanol–water partition coefficient (Wildman–Crippen LogP) is 2.79. The molecule has 1 heterocycles. The highest BCUT2D eigenvalue weighted by Gasteiger charge is 2.15. The van der Waals surface area contributed by atoms with Crippen LogP contribution in [0.3, 0.4) is 0 Å². The third-order valence-corrected chi connectivity index (χ3v) is 3.30. The molecular weight excluding hydrogens is 266 g/mol. The smallest absolute Gasteiger partial charge is 0.347 e. The van der Waals surface area contributed by atoms with Gasteiger partial charge in [-0.2, -0.15) is 0 Å². The van der Waals surface area contributed by atoms with Gasteiger partial charge >= 0.3 is 12.0 Å². The highest BCUT2D eigenvalue weighted by atomic mass is 32.1. The zero-order valence-electron chi connectivity index (χ0n) is 10.0. The Balaban J connectivity index is 2.03. The van der Waals surface area contributed by atoms with Crippen molar-refractivity contribution in [2.24, 2.45) is 0 Å². The van der Waals surface area contributed by atoms with E-state index in [-0.39, 0.29) is 10.0 Å². The molecule has 0 saturated carbocycles. The van der Waals surface area contributed by atoms with Crippen LogP contribution in [-0.2, 0) is 0 Å². The number of aromatic nitrogens is 1. The number of anilines is 2. The molecule has 1 aromatic heterocycles. The number of nitrogens with zero attached hydrogens (tertiary/aromatic N) is 1. The summed E-state index contributed by atoms with van der Waals surface area (Å²) in [7, 11) is 0. The van der Waals surface area contributed by atoms with Gasteiger partial charge in [0.05, 0.1) is 5.69 Å². The van der Waals surface area contributed by atoms with Crippen molar-refractivity contribution in [2.75, 3.05) is 10.6 Å². The van der Waals surface area contributed by atoms with E-state index in [2.05, 4.69) is 15.6 Å². The van der Waals surface area contributed by atoms with Gasteiger partial charge in [-0.05, 0) is 19.1 Å². The van der Waals surface area contributed by atoms with Gasteiger partial charge in [0.25, 0.3) is 0 Å². The number of thiazole rings is 1. The molecule has 0 bridgehead atoms. The Morgan fingerprint density at radius 2 is 1.89 bits per heavy atom. The molecule has 0 atom stereocenters. The van der Waals surface area contributed by atoms with E-state index >= 15 is 0 Å². The molecule has 2 aromatic rings. The topological polar surface area (TPSA) is 91.3 Å². The Hall–Kier alpha value is -2.41. The molecule has 0 aliphatic carbocycles. The van der Waals surface area contributed by atoms with Gasteiger partial charge in [0.1, 0.15) is 4.88 Å². The maximum atomic E-state index is 11.7. The first kappa shape index (κ1) is 13.0. The first-order valence-corrected chi connectivity index (χ1v) is 6.21. The van der Waals surface area contributed by atoms with Crippen LogP contribution >= 0.6 is 11.3 Å². The molecule has 3 N–H and O–H groups in total. The molecule has 1 aromatic carbocycles. The van der Waals surface area contributed by atoms with Gasteiger partial charge in [-0.15, -0.1) is 0 Å². The normalized spacial score (nSPS) is 9.95. The number of hydrogen-bond acceptors (Lipinski definition) is 4. The minimum atomic E-state index is -1.05. The number of benzene rings is 1. The number of urea groups is 1. The second kappa shape index (κ2) is 5.49. The van der Waals surface area contributed by atoms with E-state index in [1.807, 2.05) is 6.07 Å². The molecule has 0 unspecified atom stereocenters. The monoisotopic (exact) mass is 277 g/mol. The van der Waals surface area contributed by atoms with E-state index in [9.17, 15) is 9.59 Å². The fourth-order valence-corrected chi connectivity index (χ4v) is 2.23. The molecule has 0 radical (unpaired) electrons. The summed E-state index contributed by atoms with van der Waals surface area (Å²) in [5.41, 5.74) is 1.03. The molecule has 98 valence electrons. The Morgan fingerprint density at radius 3 is 2.47 bits per heavy atom. The largest absolute Gasteiger partial charge is 0.477 e. The van der Waals surface area contributed by atoms with Crippen LogP contribution in [-0.4, -0.2) is 22.1 Å². The van der Waals surface area contributed by atoms with Crippen molar-refractivity contribution in [1.82, 2.24) is 4.98 Å². The van der Waals surface area contributed by atoms with Crippen LogP contribution in [0.5, 0.6) is 0 Å². The maximum absolute atomic E-state index is 11.7. The van der Waals surface area contributed by atoms with Crippen molar-refractivity contribution in [2.45, 2.75) is 6.92 Å². The average Bonchev–Trinajstić information content (AvgIpc) is 2.71. The van der Waals surface area contributed by atoms with Crippen molar-refractivity contribution in [3.05, 3.63) is 40.9 Å². The Labute approximate surface area is 113 Å². The lowest BCUT2D eigenvalue weighted by molar-refractivity contribution is 0.0701. The predicted molar refractivity (Wildman–Crippen MR) is 72.9 cm³/mol. The van der Waals surface area contributed by atoms with Crippen LogP contribution < -0.4 is 10.6 Å². The summed E-state index contributed by atoms with van der Waals surface area (Å²) in [5, 5.41) is 14.3. The highest BCUT2D eigenvalue weighted by Crippen LogP contribution is 2.22. The molecular formula is C12H11N3O3S. The van der Waals surface area contributed by atoms with Gasteiger partial charge in [-0.25, -0.2) is 14.6 Å². The van der Waals surface area contributed by atoms with E-state index in [1.54, 1.807) is 31.2 Å². The van der Waals surface area contributed by atoms with Crippen LogP contribution in [0.15, 0.2) is 30.3 Å². The number of nitrogens with one attached hydrogen (secondary N) is 2. The summed E-state index contributed by atoms with van der Waals surface area (Å²) in [6.45, 7) is 1.58. The van der Waals surface area contributed by atoms with Crippen molar-refractivity contribution < 1.29 is 14.7 Å². The Kier molecular flexibility index (Phi) is 3.76. The summed E-state index contributed by atoms with van der Waals surface area (Å²) in [6.07, 6.45) is 0. The van der Waals surface area contributed by atoms with Gasteiger partial charge < -0.3 is 10.4 Å². The molecule has 0 aliphatic heterocycles. The first-order chi connectivity index (χ1) is 9.06. The molecule has 0 spiro atoms. The number of rotatable bonds is 3.